The number of hydrogen-bond donors (Lipinski definition) is 2. The number of rotatable bonds is 6. The summed E-state index contributed by atoms with van der Waals surface area (Å²) in [5, 5.41) is 20.3. The van der Waals surface area contributed by atoms with E-state index in [0.717, 1.165) is 11.8 Å². The number of piperidine rings is 1. The molecular weight excluding hydrogens is 425 g/mol. The van der Waals surface area contributed by atoms with Gasteiger partial charge in [0.05, 0.1) is 6.54 Å². The van der Waals surface area contributed by atoms with Gasteiger partial charge in [-0.25, -0.2) is 22.9 Å². The highest BCUT2D eigenvalue weighted by Gasteiger charge is 2.45. The number of amides is 1. The average Bonchev–Trinajstić information content (AvgIpc) is 3.23. The number of aromatic nitrogens is 4. The normalized spacial score (nSPS) is 21.6. The van der Waals surface area contributed by atoms with Crippen molar-refractivity contribution in [1.29, 1.82) is 0 Å². The van der Waals surface area contributed by atoms with E-state index in [-0.39, 0.29) is 38.0 Å². The summed E-state index contributed by atoms with van der Waals surface area (Å²) in [4.78, 5) is 16.7. The van der Waals surface area contributed by atoms with Gasteiger partial charge in [0.15, 0.2) is 5.82 Å². The van der Waals surface area contributed by atoms with Gasteiger partial charge in [-0.2, -0.15) is 0 Å². The molecule has 0 radical (unpaired) electrons. The highest BCUT2D eigenvalue weighted by Crippen LogP contribution is 2.38. The Balaban J connectivity index is 1.60. The second-order valence-electron chi connectivity index (χ2n) is 8.26. The predicted octanol–water partition coefficient (Wildman–Crippen LogP) is 3.60. The summed E-state index contributed by atoms with van der Waals surface area (Å²) in [5.41, 5.74) is 0.0977. The quantitative estimate of drug-likeness (QED) is 0.598. The average molecular weight is 448 g/mol. The molecular formula is C21H23F3N6O2. The van der Waals surface area contributed by atoms with Crippen molar-refractivity contribution in [2.24, 2.45) is 5.41 Å². The Hall–Kier alpha value is -3.37. The first-order chi connectivity index (χ1) is 15.2. The molecule has 1 amide bonds. The molecule has 170 valence electrons. The number of alkyl halides is 3. The number of carbonyl (C=O) groups is 1. The Kier molecular flexibility index (Phi) is 5.66. The third-order valence-corrected chi connectivity index (χ3v) is 6.04. The summed E-state index contributed by atoms with van der Waals surface area (Å²) in [6.07, 6.45) is 2.64. The molecule has 0 spiro atoms. The van der Waals surface area contributed by atoms with Crippen LogP contribution in [0.25, 0.3) is 5.65 Å². The summed E-state index contributed by atoms with van der Waals surface area (Å²) in [6, 6.07) is 5.83. The van der Waals surface area contributed by atoms with E-state index < -0.39 is 23.6 Å². The van der Waals surface area contributed by atoms with E-state index in [9.17, 15) is 18.7 Å². The van der Waals surface area contributed by atoms with Gasteiger partial charge in [0.1, 0.15) is 12.5 Å². The lowest BCUT2D eigenvalue weighted by atomic mass is 9.72. The molecule has 1 aliphatic heterocycles. The summed E-state index contributed by atoms with van der Waals surface area (Å²) in [5.74, 6) is -2.53. The van der Waals surface area contributed by atoms with E-state index in [1.165, 1.54) is 18.5 Å². The van der Waals surface area contributed by atoms with Crippen LogP contribution in [-0.4, -0.2) is 61.5 Å². The van der Waals surface area contributed by atoms with Crippen LogP contribution in [0.4, 0.5) is 23.8 Å². The summed E-state index contributed by atoms with van der Waals surface area (Å²) in [6.45, 7) is 0.896. The molecule has 2 N–H and O–H groups in total. The zero-order valence-electron chi connectivity index (χ0n) is 17.4. The van der Waals surface area contributed by atoms with Crippen molar-refractivity contribution in [3.63, 3.8) is 0 Å². The van der Waals surface area contributed by atoms with Crippen LogP contribution in [0.2, 0.25) is 0 Å². The van der Waals surface area contributed by atoms with E-state index in [4.69, 9.17) is 0 Å². The molecule has 1 aliphatic rings. The maximum absolute atomic E-state index is 15.5. The molecule has 3 aromatic rings. The number of fused-ring (bicyclic) bond motifs is 1. The van der Waals surface area contributed by atoms with Crippen LogP contribution < -0.4 is 5.32 Å². The topological polar surface area (TPSA) is 95.7 Å². The zero-order chi connectivity index (χ0) is 22.9. The van der Waals surface area contributed by atoms with Gasteiger partial charge >= 0.3 is 6.09 Å². The summed E-state index contributed by atoms with van der Waals surface area (Å²) >= 11 is 0. The van der Waals surface area contributed by atoms with Crippen LogP contribution in [0.15, 0.2) is 43.0 Å². The SMILES string of the molecule is CC(F)(F)c1ccc(CC2(CNc3nccn4cnnc34)CCN(C(=O)O)C[C@H]2F)cc1. The number of nitrogens with one attached hydrogen (secondary N) is 1. The lowest BCUT2D eigenvalue weighted by Gasteiger charge is -2.44. The van der Waals surface area contributed by atoms with Crippen LogP contribution in [0.3, 0.4) is 0 Å². The molecule has 0 aliphatic carbocycles. The Morgan fingerprint density at radius 3 is 2.75 bits per heavy atom. The molecule has 3 heterocycles. The lowest BCUT2D eigenvalue weighted by Crippen LogP contribution is -2.54. The number of carboxylic acid groups (broad SMARTS) is 1. The minimum absolute atomic E-state index is 0.117. The fraction of sp³-hybridized carbons (Fsp3) is 0.429. The first-order valence-electron chi connectivity index (χ1n) is 10.2. The molecule has 11 heteroatoms. The first-order valence-corrected chi connectivity index (χ1v) is 10.2. The number of likely N-dealkylation sites (tertiary alicyclic amines) is 1. The second-order valence-corrected chi connectivity index (χ2v) is 8.26. The van der Waals surface area contributed by atoms with Gasteiger partial charge in [-0.05, 0) is 18.4 Å². The lowest BCUT2D eigenvalue weighted by molar-refractivity contribution is 0.0170. The van der Waals surface area contributed by atoms with Crippen LogP contribution in [0, 0.1) is 5.41 Å². The smallest absolute Gasteiger partial charge is 0.407 e. The van der Waals surface area contributed by atoms with Crippen LogP contribution in [-0.2, 0) is 12.3 Å². The van der Waals surface area contributed by atoms with Crippen LogP contribution in [0.5, 0.6) is 0 Å². The van der Waals surface area contributed by atoms with E-state index >= 15 is 4.39 Å². The molecule has 2 atom stereocenters. The van der Waals surface area contributed by atoms with Crippen LogP contribution in [0.1, 0.15) is 24.5 Å². The van der Waals surface area contributed by atoms with Gasteiger partial charge in [0.2, 0.25) is 5.65 Å². The van der Waals surface area contributed by atoms with Crippen molar-refractivity contribution < 1.29 is 23.1 Å². The third-order valence-electron chi connectivity index (χ3n) is 6.04. The third kappa shape index (κ3) is 4.32. The molecule has 1 fully saturated rings. The van der Waals surface area contributed by atoms with Crippen molar-refractivity contribution in [3.8, 4) is 0 Å². The number of hydrogen-bond acceptors (Lipinski definition) is 5. The van der Waals surface area contributed by atoms with Gasteiger partial charge < -0.3 is 15.3 Å². The van der Waals surface area contributed by atoms with Crippen molar-refractivity contribution in [1.82, 2.24) is 24.5 Å². The van der Waals surface area contributed by atoms with Crippen molar-refractivity contribution in [2.45, 2.75) is 31.9 Å². The molecule has 0 saturated carbocycles. The highest BCUT2D eigenvalue weighted by molar-refractivity contribution is 5.65. The van der Waals surface area contributed by atoms with Gasteiger partial charge in [0, 0.05) is 43.4 Å². The molecule has 8 nitrogen and oxygen atoms in total. The molecule has 4 rings (SSSR count). The van der Waals surface area contributed by atoms with Gasteiger partial charge in [-0.3, -0.25) is 4.40 Å². The van der Waals surface area contributed by atoms with Gasteiger partial charge in [-0.1, -0.05) is 24.3 Å². The molecule has 1 aromatic carbocycles. The fourth-order valence-electron chi connectivity index (χ4n) is 4.09. The fourth-order valence-corrected chi connectivity index (χ4v) is 4.09. The molecule has 1 unspecified atom stereocenters. The molecule has 2 aromatic heterocycles. The largest absolute Gasteiger partial charge is 0.465 e. The Bertz CT molecular complexity index is 1100. The number of anilines is 1. The van der Waals surface area contributed by atoms with Crippen molar-refractivity contribution in [2.75, 3.05) is 25.0 Å². The van der Waals surface area contributed by atoms with Crippen molar-refractivity contribution >= 4 is 17.6 Å². The second kappa shape index (κ2) is 8.29. The minimum atomic E-state index is -2.96. The maximum atomic E-state index is 15.5. The molecule has 32 heavy (non-hydrogen) atoms. The van der Waals surface area contributed by atoms with E-state index in [1.54, 1.807) is 28.9 Å². The first kappa shape index (κ1) is 21.8. The van der Waals surface area contributed by atoms with Gasteiger partial charge in [-0.15, -0.1) is 10.2 Å². The van der Waals surface area contributed by atoms with E-state index in [1.807, 2.05) is 0 Å². The Labute approximate surface area is 182 Å². The monoisotopic (exact) mass is 448 g/mol. The molecule has 1 saturated heterocycles. The van der Waals surface area contributed by atoms with Crippen molar-refractivity contribution in [3.05, 3.63) is 54.1 Å². The molecule has 0 bridgehead atoms. The summed E-state index contributed by atoms with van der Waals surface area (Å²) in [7, 11) is 0. The number of nitrogens with zero attached hydrogens (tertiary/aromatic N) is 5. The highest BCUT2D eigenvalue weighted by atomic mass is 19.3. The standard InChI is InChI=1S/C21H23F3N6O2/c1-20(23,24)15-4-2-14(3-5-15)10-21(6-8-29(19(31)32)11-16(21)22)12-26-17-18-28-27-13-30(18)9-7-25-17/h2-5,7,9,13,16H,6,8,10-12H2,1H3,(H,25,26)(H,31,32)/t16-,21?/m1/s1. The number of benzene rings is 1. The number of halogens is 3. The maximum Gasteiger partial charge on any atom is 0.407 e. The van der Waals surface area contributed by atoms with E-state index in [0.29, 0.717) is 17.0 Å². The Morgan fingerprint density at radius 1 is 1.34 bits per heavy atom. The van der Waals surface area contributed by atoms with Crippen LogP contribution >= 0.6 is 0 Å². The van der Waals surface area contributed by atoms with E-state index in [2.05, 4.69) is 20.5 Å². The zero-order valence-corrected chi connectivity index (χ0v) is 17.4. The van der Waals surface area contributed by atoms with Gasteiger partial charge in [0.25, 0.3) is 5.92 Å². The predicted molar refractivity (Wildman–Crippen MR) is 111 cm³/mol. The minimum Gasteiger partial charge on any atom is -0.465 e. The summed E-state index contributed by atoms with van der Waals surface area (Å²) < 4.78 is 44.3. The Morgan fingerprint density at radius 2 is 2.09 bits per heavy atom.